The van der Waals surface area contributed by atoms with Crippen molar-refractivity contribution in [3.63, 3.8) is 0 Å². The SMILES string of the molecule is Cc1cc(C)cc(-n2c(C)cc(C(=O)N[C@@H](C)CN)c2C)c1.Cl. The van der Waals surface area contributed by atoms with Crippen LogP contribution in [0.4, 0.5) is 0 Å². The minimum atomic E-state index is -0.0679. The lowest BCUT2D eigenvalue weighted by Gasteiger charge is -2.13. The van der Waals surface area contributed by atoms with Crippen LogP contribution in [-0.4, -0.2) is 23.1 Å². The molecule has 126 valence electrons. The highest BCUT2D eigenvalue weighted by molar-refractivity contribution is 5.96. The topological polar surface area (TPSA) is 60.0 Å². The lowest BCUT2D eigenvalue weighted by molar-refractivity contribution is 0.0940. The number of hydrogen-bond donors (Lipinski definition) is 2. The minimum Gasteiger partial charge on any atom is -0.348 e. The molecule has 0 fully saturated rings. The van der Waals surface area contributed by atoms with Gasteiger partial charge in [0.1, 0.15) is 0 Å². The summed E-state index contributed by atoms with van der Waals surface area (Å²) in [5, 5.41) is 2.92. The molecule has 0 saturated carbocycles. The van der Waals surface area contributed by atoms with E-state index in [1.165, 1.54) is 11.1 Å². The molecular formula is C18H26ClN3O. The third kappa shape index (κ3) is 4.15. The van der Waals surface area contributed by atoms with E-state index in [1.54, 1.807) is 0 Å². The maximum absolute atomic E-state index is 12.4. The van der Waals surface area contributed by atoms with Gasteiger partial charge in [-0.05, 0) is 63.9 Å². The Kier molecular flexibility index (Phi) is 6.42. The quantitative estimate of drug-likeness (QED) is 0.901. The Morgan fingerprint density at radius 2 is 1.70 bits per heavy atom. The van der Waals surface area contributed by atoms with Gasteiger partial charge in [0.15, 0.2) is 0 Å². The smallest absolute Gasteiger partial charge is 0.253 e. The van der Waals surface area contributed by atoms with E-state index < -0.39 is 0 Å². The number of hydrogen-bond acceptors (Lipinski definition) is 2. The number of carbonyl (C=O) groups is 1. The summed E-state index contributed by atoms with van der Waals surface area (Å²) < 4.78 is 2.13. The van der Waals surface area contributed by atoms with Crippen LogP contribution in [-0.2, 0) is 0 Å². The number of nitrogens with one attached hydrogen (secondary N) is 1. The first-order valence-electron chi connectivity index (χ1n) is 7.62. The fourth-order valence-corrected chi connectivity index (χ4v) is 2.83. The van der Waals surface area contributed by atoms with Crippen molar-refractivity contribution in [1.82, 2.24) is 9.88 Å². The number of aromatic nitrogens is 1. The molecule has 0 spiro atoms. The van der Waals surface area contributed by atoms with Gasteiger partial charge >= 0.3 is 0 Å². The Labute approximate surface area is 144 Å². The molecule has 0 aliphatic carbocycles. The van der Waals surface area contributed by atoms with E-state index in [-0.39, 0.29) is 24.4 Å². The highest BCUT2D eigenvalue weighted by atomic mass is 35.5. The van der Waals surface area contributed by atoms with Gasteiger partial charge in [0.2, 0.25) is 0 Å². The zero-order valence-corrected chi connectivity index (χ0v) is 15.3. The molecule has 0 aliphatic heterocycles. The van der Waals surface area contributed by atoms with Crippen molar-refractivity contribution < 1.29 is 4.79 Å². The Morgan fingerprint density at radius 1 is 1.13 bits per heavy atom. The molecule has 0 unspecified atom stereocenters. The maximum atomic E-state index is 12.4. The van der Waals surface area contributed by atoms with Crippen molar-refractivity contribution in [2.75, 3.05) is 6.54 Å². The van der Waals surface area contributed by atoms with Gasteiger partial charge in [-0.2, -0.15) is 0 Å². The van der Waals surface area contributed by atoms with Crippen molar-refractivity contribution in [2.24, 2.45) is 5.73 Å². The Bertz CT molecular complexity index is 686. The Morgan fingerprint density at radius 3 is 2.22 bits per heavy atom. The van der Waals surface area contributed by atoms with Crippen LogP contribution < -0.4 is 11.1 Å². The summed E-state index contributed by atoms with van der Waals surface area (Å²) in [5.41, 5.74) is 11.8. The largest absolute Gasteiger partial charge is 0.348 e. The molecule has 1 amide bonds. The summed E-state index contributed by atoms with van der Waals surface area (Å²) in [4.78, 5) is 12.4. The van der Waals surface area contributed by atoms with Crippen LogP contribution >= 0.6 is 12.4 Å². The van der Waals surface area contributed by atoms with E-state index in [2.05, 4.69) is 41.9 Å². The highest BCUT2D eigenvalue weighted by Gasteiger charge is 2.17. The molecule has 0 saturated heterocycles. The van der Waals surface area contributed by atoms with Crippen LogP contribution in [0.15, 0.2) is 24.3 Å². The van der Waals surface area contributed by atoms with Gasteiger partial charge in [0.25, 0.3) is 5.91 Å². The van der Waals surface area contributed by atoms with Crippen LogP contribution in [0.5, 0.6) is 0 Å². The van der Waals surface area contributed by atoms with E-state index in [0.717, 1.165) is 17.1 Å². The Hall–Kier alpha value is -1.78. The second-order valence-electron chi connectivity index (χ2n) is 6.08. The average molecular weight is 336 g/mol. The van der Waals surface area contributed by atoms with Gasteiger partial charge in [-0.25, -0.2) is 0 Å². The van der Waals surface area contributed by atoms with Gasteiger partial charge < -0.3 is 15.6 Å². The molecule has 0 aliphatic rings. The molecule has 1 atom stereocenters. The normalized spacial score (nSPS) is 11.7. The van der Waals surface area contributed by atoms with Gasteiger partial charge in [-0.3, -0.25) is 4.79 Å². The first kappa shape index (κ1) is 19.3. The number of aryl methyl sites for hydroxylation is 3. The highest BCUT2D eigenvalue weighted by Crippen LogP contribution is 2.22. The van der Waals surface area contributed by atoms with Crippen LogP contribution in [0.25, 0.3) is 5.69 Å². The van der Waals surface area contributed by atoms with Gasteiger partial charge in [0.05, 0.1) is 5.56 Å². The minimum absolute atomic E-state index is 0. The molecule has 3 N–H and O–H groups in total. The van der Waals surface area contributed by atoms with E-state index in [4.69, 9.17) is 5.73 Å². The molecule has 1 heterocycles. The average Bonchev–Trinajstić information content (AvgIpc) is 2.72. The molecule has 23 heavy (non-hydrogen) atoms. The van der Waals surface area contributed by atoms with E-state index in [9.17, 15) is 4.79 Å². The molecule has 0 bridgehead atoms. The monoisotopic (exact) mass is 335 g/mol. The third-order valence-electron chi connectivity index (χ3n) is 3.87. The lowest BCUT2D eigenvalue weighted by atomic mass is 10.1. The van der Waals surface area contributed by atoms with E-state index >= 15 is 0 Å². The summed E-state index contributed by atoms with van der Waals surface area (Å²) in [6.45, 7) is 10.5. The molecule has 2 rings (SSSR count). The predicted molar refractivity (Wildman–Crippen MR) is 97.9 cm³/mol. The van der Waals surface area contributed by atoms with Crippen LogP contribution in [0.1, 0.15) is 39.8 Å². The third-order valence-corrected chi connectivity index (χ3v) is 3.87. The number of amides is 1. The first-order valence-corrected chi connectivity index (χ1v) is 7.62. The zero-order valence-electron chi connectivity index (χ0n) is 14.4. The molecular weight excluding hydrogens is 310 g/mol. The van der Waals surface area contributed by atoms with Gasteiger partial charge in [-0.1, -0.05) is 6.07 Å². The molecule has 4 nitrogen and oxygen atoms in total. The summed E-state index contributed by atoms with van der Waals surface area (Å²) in [6, 6.07) is 8.32. The van der Waals surface area contributed by atoms with Gasteiger partial charge in [-0.15, -0.1) is 12.4 Å². The number of nitrogens with zero attached hydrogens (tertiary/aromatic N) is 1. The maximum Gasteiger partial charge on any atom is 0.253 e. The molecule has 0 radical (unpaired) electrons. The lowest BCUT2D eigenvalue weighted by Crippen LogP contribution is -2.37. The number of carbonyl (C=O) groups excluding carboxylic acids is 1. The number of benzene rings is 1. The molecule has 1 aromatic carbocycles. The fraction of sp³-hybridized carbons (Fsp3) is 0.389. The van der Waals surface area contributed by atoms with Crippen molar-refractivity contribution >= 4 is 18.3 Å². The van der Waals surface area contributed by atoms with Crippen molar-refractivity contribution in [3.05, 3.63) is 52.3 Å². The number of nitrogens with two attached hydrogens (primary N) is 1. The molecule has 1 aromatic heterocycles. The molecule has 5 heteroatoms. The first-order chi connectivity index (χ1) is 10.3. The summed E-state index contributed by atoms with van der Waals surface area (Å²) >= 11 is 0. The predicted octanol–water partition coefficient (Wildman–Crippen LogP) is 3.21. The van der Waals surface area contributed by atoms with Crippen LogP contribution in [0.2, 0.25) is 0 Å². The van der Waals surface area contributed by atoms with Crippen molar-refractivity contribution in [2.45, 2.75) is 40.7 Å². The van der Waals surface area contributed by atoms with Crippen LogP contribution in [0.3, 0.4) is 0 Å². The van der Waals surface area contributed by atoms with E-state index in [1.807, 2.05) is 26.8 Å². The van der Waals surface area contributed by atoms with Crippen molar-refractivity contribution in [3.8, 4) is 5.69 Å². The van der Waals surface area contributed by atoms with E-state index in [0.29, 0.717) is 12.1 Å². The van der Waals surface area contributed by atoms with Gasteiger partial charge in [0, 0.05) is 29.7 Å². The second kappa shape index (κ2) is 7.66. The summed E-state index contributed by atoms with van der Waals surface area (Å²) in [7, 11) is 0. The standard InChI is InChI=1S/C18H25N3O.ClH/c1-11-6-12(2)8-16(7-11)21-14(4)9-17(15(21)5)18(22)20-13(3)10-19;/h6-9,13H,10,19H2,1-5H3,(H,20,22);1H/t13-;/m0./s1. The molecule has 2 aromatic rings. The second-order valence-corrected chi connectivity index (χ2v) is 6.08. The number of halogens is 1. The number of rotatable bonds is 4. The summed E-state index contributed by atoms with van der Waals surface area (Å²) in [6.07, 6.45) is 0. The van der Waals surface area contributed by atoms with Crippen molar-refractivity contribution in [1.29, 1.82) is 0 Å². The Balaban J connectivity index is 0.00000264. The fourth-order valence-electron chi connectivity index (χ4n) is 2.83. The summed E-state index contributed by atoms with van der Waals surface area (Å²) in [5.74, 6) is -0.0679. The van der Waals surface area contributed by atoms with Crippen LogP contribution in [0, 0.1) is 27.7 Å². The zero-order chi connectivity index (χ0) is 16.4.